The van der Waals surface area contributed by atoms with Crippen LogP contribution in [0.25, 0.3) is 0 Å². The van der Waals surface area contributed by atoms with Gasteiger partial charge in [-0.2, -0.15) is 0 Å². The SMILES string of the molecule is COc1ccccc1CNCc1cc(C(=O)O)c(C)o1. The fourth-order valence-electron chi connectivity index (χ4n) is 2.01. The summed E-state index contributed by atoms with van der Waals surface area (Å²) in [7, 11) is 1.63. The minimum Gasteiger partial charge on any atom is -0.496 e. The molecule has 5 nitrogen and oxygen atoms in total. The first-order valence-electron chi connectivity index (χ1n) is 6.27. The quantitative estimate of drug-likeness (QED) is 0.847. The molecule has 0 radical (unpaired) electrons. The molecule has 5 heteroatoms. The van der Waals surface area contributed by atoms with Gasteiger partial charge < -0.3 is 19.6 Å². The van der Waals surface area contributed by atoms with Gasteiger partial charge in [0, 0.05) is 12.1 Å². The van der Waals surface area contributed by atoms with Gasteiger partial charge in [-0.05, 0) is 19.1 Å². The Morgan fingerprint density at radius 1 is 1.35 bits per heavy atom. The number of hydrogen-bond donors (Lipinski definition) is 2. The Balaban J connectivity index is 1.96. The largest absolute Gasteiger partial charge is 0.496 e. The van der Waals surface area contributed by atoms with Gasteiger partial charge in [-0.25, -0.2) is 4.79 Å². The molecule has 1 aromatic carbocycles. The Hall–Kier alpha value is -2.27. The van der Waals surface area contributed by atoms with Crippen LogP contribution in [0.15, 0.2) is 34.7 Å². The number of benzene rings is 1. The number of ether oxygens (including phenoxy) is 1. The van der Waals surface area contributed by atoms with Crippen molar-refractivity contribution in [3.8, 4) is 5.75 Å². The van der Waals surface area contributed by atoms with Gasteiger partial charge in [-0.1, -0.05) is 18.2 Å². The Labute approximate surface area is 117 Å². The highest BCUT2D eigenvalue weighted by molar-refractivity contribution is 5.88. The highest BCUT2D eigenvalue weighted by atomic mass is 16.5. The van der Waals surface area contributed by atoms with Crippen molar-refractivity contribution >= 4 is 5.97 Å². The van der Waals surface area contributed by atoms with E-state index in [-0.39, 0.29) is 5.56 Å². The number of carbonyl (C=O) groups is 1. The molecule has 0 aliphatic rings. The molecule has 0 amide bonds. The van der Waals surface area contributed by atoms with E-state index in [9.17, 15) is 4.79 Å². The molecule has 0 spiro atoms. The maximum absolute atomic E-state index is 10.9. The molecule has 106 valence electrons. The minimum absolute atomic E-state index is 0.207. The lowest BCUT2D eigenvalue weighted by molar-refractivity contribution is 0.0695. The van der Waals surface area contributed by atoms with E-state index in [1.165, 1.54) is 0 Å². The van der Waals surface area contributed by atoms with Crippen LogP contribution in [-0.2, 0) is 13.1 Å². The summed E-state index contributed by atoms with van der Waals surface area (Å²) in [5.41, 5.74) is 1.25. The van der Waals surface area contributed by atoms with Crippen molar-refractivity contribution in [1.82, 2.24) is 5.32 Å². The number of methoxy groups -OCH3 is 1. The van der Waals surface area contributed by atoms with Gasteiger partial charge in [0.25, 0.3) is 0 Å². The highest BCUT2D eigenvalue weighted by Gasteiger charge is 2.13. The van der Waals surface area contributed by atoms with E-state index < -0.39 is 5.97 Å². The standard InChI is InChI=1S/C15H17NO4/c1-10-13(15(17)18)7-12(20-10)9-16-8-11-5-3-4-6-14(11)19-2/h3-7,16H,8-9H2,1-2H3,(H,17,18). The summed E-state index contributed by atoms with van der Waals surface area (Å²) in [5.74, 6) is 0.880. The molecule has 2 N–H and O–H groups in total. The van der Waals surface area contributed by atoms with Crippen molar-refractivity contribution < 1.29 is 19.1 Å². The zero-order chi connectivity index (χ0) is 14.5. The van der Waals surface area contributed by atoms with Crippen molar-refractivity contribution in [2.24, 2.45) is 0 Å². The van der Waals surface area contributed by atoms with E-state index in [4.69, 9.17) is 14.3 Å². The van der Waals surface area contributed by atoms with E-state index in [0.29, 0.717) is 24.6 Å². The maximum Gasteiger partial charge on any atom is 0.339 e. The Kier molecular flexibility index (Phi) is 4.42. The van der Waals surface area contributed by atoms with Gasteiger partial charge in [-0.3, -0.25) is 0 Å². The van der Waals surface area contributed by atoms with Crippen molar-refractivity contribution in [3.63, 3.8) is 0 Å². The summed E-state index contributed by atoms with van der Waals surface area (Å²) in [6.07, 6.45) is 0. The summed E-state index contributed by atoms with van der Waals surface area (Å²) in [6, 6.07) is 9.28. The van der Waals surface area contributed by atoms with Crippen molar-refractivity contribution in [3.05, 3.63) is 53.0 Å². The second kappa shape index (κ2) is 6.25. The molecule has 1 heterocycles. The third kappa shape index (κ3) is 3.19. The van der Waals surface area contributed by atoms with E-state index in [2.05, 4.69) is 5.32 Å². The van der Waals surface area contributed by atoms with Crippen LogP contribution in [0.3, 0.4) is 0 Å². The number of carboxylic acid groups (broad SMARTS) is 1. The number of nitrogens with one attached hydrogen (secondary N) is 1. The topological polar surface area (TPSA) is 71.7 Å². The van der Waals surface area contributed by atoms with Gasteiger partial charge in [0.2, 0.25) is 0 Å². The third-order valence-electron chi connectivity index (χ3n) is 3.01. The molecule has 0 unspecified atom stereocenters. The van der Waals surface area contributed by atoms with Crippen LogP contribution < -0.4 is 10.1 Å². The predicted molar refractivity (Wildman–Crippen MR) is 73.9 cm³/mol. The van der Waals surface area contributed by atoms with E-state index in [1.807, 2.05) is 24.3 Å². The summed E-state index contributed by atoms with van der Waals surface area (Å²) < 4.78 is 10.7. The molecule has 0 aliphatic heterocycles. The van der Waals surface area contributed by atoms with Crippen LogP contribution in [0.2, 0.25) is 0 Å². The molecule has 1 aromatic heterocycles. The van der Waals surface area contributed by atoms with Crippen molar-refractivity contribution in [2.75, 3.05) is 7.11 Å². The van der Waals surface area contributed by atoms with Gasteiger partial charge in [0.05, 0.1) is 13.7 Å². The lowest BCUT2D eigenvalue weighted by Crippen LogP contribution is -2.12. The van der Waals surface area contributed by atoms with Crippen LogP contribution >= 0.6 is 0 Å². The predicted octanol–water partition coefficient (Wildman–Crippen LogP) is 2.58. The van der Waals surface area contributed by atoms with Gasteiger partial charge >= 0.3 is 5.97 Å². The monoisotopic (exact) mass is 275 g/mol. The molecule has 0 fully saturated rings. The lowest BCUT2D eigenvalue weighted by atomic mass is 10.2. The number of furan rings is 1. The smallest absolute Gasteiger partial charge is 0.339 e. The normalized spacial score (nSPS) is 10.5. The van der Waals surface area contributed by atoms with Crippen LogP contribution in [0, 0.1) is 6.92 Å². The highest BCUT2D eigenvalue weighted by Crippen LogP contribution is 2.18. The third-order valence-corrected chi connectivity index (χ3v) is 3.01. The molecule has 2 rings (SSSR count). The summed E-state index contributed by atoms with van der Waals surface area (Å²) in [5, 5.41) is 12.2. The first-order valence-corrected chi connectivity index (χ1v) is 6.27. The second-order valence-electron chi connectivity index (χ2n) is 4.40. The second-order valence-corrected chi connectivity index (χ2v) is 4.40. The molecule has 20 heavy (non-hydrogen) atoms. The Morgan fingerprint density at radius 3 is 2.75 bits per heavy atom. The molecular weight excluding hydrogens is 258 g/mol. The molecule has 0 atom stereocenters. The van der Waals surface area contributed by atoms with Crippen molar-refractivity contribution in [1.29, 1.82) is 0 Å². The molecule has 0 aliphatic carbocycles. The molecule has 0 bridgehead atoms. The first kappa shape index (κ1) is 14.1. The van der Waals surface area contributed by atoms with Crippen LogP contribution in [0.4, 0.5) is 0 Å². The van der Waals surface area contributed by atoms with Crippen molar-refractivity contribution in [2.45, 2.75) is 20.0 Å². The number of aromatic carboxylic acids is 1. The lowest BCUT2D eigenvalue weighted by Gasteiger charge is -2.08. The number of hydrogen-bond acceptors (Lipinski definition) is 4. The van der Waals surface area contributed by atoms with E-state index in [1.54, 1.807) is 20.1 Å². The zero-order valence-electron chi connectivity index (χ0n) is 11.5. The number of carboxylic acids is 1. The maximum atomic E-state index is 10.9. The first-order chi connectivity index (χ1) is 9.61. The van der Waals surface area contributed by atoms with Crippen LogP contribution in [0.5, 0.6) is 5.75 Å². The van der Waals surface area contributed by atoms with Gasteiger partial charge in [0.1, 0.15) is 22.8 Å². The Bertz CT molecular complexity index is 604. The summed E-state index contributed by atoms with van der Waals surface area (Å²) >= 11 is 0. The van der Waals surface area contributed by atoms with Crippen LogP contribution in [0.1, 0.15) is 27.4 Å². The van der Waals surface area contributed by atoms with Gasteiger partial charge in [0.15, 0.2) is 0 Å². The molecule has 0 saturated carbocycles. The average Bonchev–Trinajstić information content (AvgIpc) is 2.80. The summed E-state index contributed by atoms with van der Waals surface area (Å²) in [6.45, 7) is 2.73. The summed E-state index contributed by atoms with van der Waals surface area (Å²) in [4.78, 5) is 10.9. The van der Waals surface area contributed by atoms with Gasteiger partial charge in [-0.15, -0.1) is 0 Å². The molecule has 2 aromatic rings. The number of para-hydroxylation sites is 1. The van der Waals surface area contributed by atoms with E-state index >= 15 is 0 Å². The fourth-order valence-corrected chi connectivity index (χ4v) is 2.01. The molecular formula is C15H17NO4. The Morgan fingerprint density at radius 2 is 2.10 bits per heavy atom. The van der Waals surface area contributed by atoms with E-state index in [0.717, 1.165) is 11.3 Å². The fraction of sp³-hybridized carbons (Fsp3) is 0.267. The van der Waals surface area contributed by atoms with Crippen LogP contribution in [-0.4, -0.2) is 18.2 Å². The minimum atomic E-state index is -0.970. The number of aryl methyl sites for hydroxylation is 1. The zero-order valence-corrected chi connectivity index (χ0v) is 11.5. The average molecular weight is 275 g/mol. The number of rotatable bonds is 6. The molecule has 0 saturated heterocycles.